The maximum atomic E-state index is 12.8. The number of aromatic nitrogens is 2. The first kappa shape index (κ1) is 24.7. The van der Waals surface area contributed by atoms with Gasteiger partial charge in [-0.3, -0.25) is 14.8 Å². The fourth-order valence-electron chi connectivity index (χ4n) is 3.00. The number of rotatable bonds is 6. The summed E-state index contributed by atoms with van der Waals surface area (Å²) in [6.07, 6.45) is 4.12. The first-order valence-electron chi connectivity index (χ1n) is 9.77. The van der Waals surface area contributed by atoms with Crippen LogP contribution in [0.5, 0.6) is 0 Å². The summed E-state index contributed by atoms with van der Waals surface area (Å²) in [6.45, 7) is 7.20. The highest BCUT2D eigenvalue weighted by atomic mass is 32.2. The maximum Gasteiger partial charge on any atom is 0.264 e. The monoisotopic (exact) mass is 465 g/mol. The van der Waals surface area contributed by atoms with Crippen molar-refractivity contribution in [2.45, 2.75) is 45.4 Å². The summed E-state index contributed by atoms with van der Waals surface area (Å²) in [5.41, 5.74) is 2.03. The molecular weight excluding hydrogens is 438 g/mol. The van der Waals surface area contributed by atoms with Crippen LogP contribution in [0.4, 0.5) is 0 Å². The SMILES string of the molecule is CC.Cc1cnc(-c2ccc3c(=O)n(CCC(C)(C(=O)NO)S(C)(=O)=O)ccc3c2)s1. The number of benzene rings is 1. The second-order valence-corrected chi connectivity index (χ2v) is 10.8. The van der Waals surface area contributed by atoms with E-state index in [1.165, 1.54) is 17.0 Å². The molecule has 0 aliphatic carbocycles. The van der Waals surface area contributed by atoms with Gasteiger partial charge < -0.3 is 4.57 Å². The third-order valence-corrected chi connectivity index (χ3v) is 8.06. The molecule has 1 aromatic carbocycles. The molecule has 0 fully saturated rings. The van der Waals surface area contributed by atoms with Gasteiger partial charge in [0.1, 0.15) is 5.01 Å². The number of fused-ring (bicyclic) bond motifs is 1. The summed E-state index contributed by atoms with van der Waals surface area (Å²) in [7, 11) is -3.83. The van der Waals surface area contributed by atoms with E-state index in [1.54, 1.807) is 35.9 Å². The zero-order valence-corrected chi connectivity index (χ0v) is 19.8. The summed E-state index contributed by atoms with van der Waals surface area (Å²) < 4.78 is 23.7. The van der Waals surface area contributed by atoms with Gasteiger partial charge in [-0.05, 0) is 43.9 Å². The number of carbonyl (C=O) groups is 1. The predicted octanol–water partition coefficient (Wildman–Crippen LogP) is 3.16. The van der Waals surface area contributed by atoms with Gasteiger partial charge in [-0.25, -0.2) is 18.9 Å². The second kappa shape index (κ2) is 9.71. The van der Waals surface area contributed by atoms with Crippen LogP contribution in [0.1, 0.15) is 32.1 Å². The standard InChI is InChI=1S/C19H21N3O5S2.C2H6/c1-12-11-20-16(28-12)14-4-5-15-13(10-14)6-8-22(17(15)23)9-7-19(2,18(24)21-25)29(3,26)27;1-2/h4-6,8,10-11,25H,7,9H2,1-3H3,(H,21,24);1-2H3. The molecule has 31 heavy (non-hydrogen) atoms. The predicted molar refractivity (Wildman–Crippen MR) is 123 cm³/mol. The van der Waals surface area contributed by atoms with Gasteiger partial charge in [0.05, 0.1) is 0 Å². The molecule has 0 aliphatic heterocycles. The molecule has 0 radical (unpaired) electrons. The van der Waals surface area contributed by atoms with Crippen molar-refractivity contribution >= 4 is 37.9 Å². The molecule has 0 saturated heterocycles. The minimum absolute atomic E-state index is 0.000804. The van der Waals surface area contributed by atoms with Crippen LogP contribution >= 0.6 is 11.3 Å². The molecule has 2 N–H and O–H groups in total. The number of carbonyl (C=O) groups excluding carboxylic acids is 1. The van der Waals surface area contributed by atoms with Gasteiger partial charge in [0.2, 0.25) is 0 Å². The lowest BCUT2D eigenvalue weighted by Gasteiger charge is -2.25. The van der Waals surface area contributed by atoms with E-state index in [0.29, 0.717) is 5.39 Å². The Labute approximate surface area is 185 Å². The van der Waals surface area contributed by atoms with Crippen LogP contribution in [0.2, 0.25) is 0 Å². The molecule has 0 saturated carbocycles. The number of aryl methyl sites for hydroxylation is 2. The fourth-order valence-corrected chi connectivity index (χ4v) is 4.61. The zero-order valence-electron chi connectivity index (χ0n) is 18.2. The highest BCUT2D eigenvalue weighted by Crippen LogP contribution is 2.27. The first-order valence-corrected chi connectivity index (χ1v) is 12.5. The van der Waals surface area contributed by atoms with Gasteiger partial charge in [0, 0.05) is 41.0 Å². The Morgan fingerprint density at radius 2 is 1.97 bits per heavy atom. The molecule has 2 aromatic heterocycles. The Morgan fingerprint density at radius 1 is 1.29 bits per heavy atom. The van der Waals surface area contributed by atoms with E-state index in [0.717, 1.165) is 27.1 Å². The minimum Gasteiger partial charge on any atom is -0.315 e. The number of thiazole rings is 1. The lowest BCUT2D eigenvalue weighted by atomic mass is 10.1. The van der Waals surface area contributed by atoms with E-state index < -0.39 is 20.5 Å². The lowest BCUT2D eigenvalue weighted by Crippen LogP contribution is -2.49. The van der Waals surface area contributed by atoms with Crippen LogP contribution in [0, 0.1) is 6.92 Å². The third-order valence-electron chi connectivity index (χ3n) is 5.08. The number of pyridine rings is 1. The Hall–Kier alpha value is -2.56. The highest BCUT2D eigenvalue weighted by molar-refractivity contribution is 7.92. The van der Waals surface area contributed by atoms with Crippen LogP contribution < -0.4 is 11.0 Å². The summed E-state index contributed by atoms with van der Waals surface area (Å²) >= 11 is 1.57. The molecule has 3 aromatic rings. The van der Waals surface area contributed by atoms with E-state index in [4.69, 9.17) is 5.21 Å². The zero-order chi connectivity index (χ0) is 23.4. The van der Waals surface area contributed by atoms with E-state index in [9.17, 15) is 18.0 Å². The fraction of sp³-hybridized carbons (Fsp3) is 0.381. The summed E-state index contributed by atoms with van der Waals surface area (Å²) in [5.74, 6) is -1.03. The third kappa shape index (κ3) is 5.03. The molecular formula is C21H27N3O5S2. The summed E-state index contributed by atoms with van der Waals surface area (Å²) in [4.78, 5) is 30.2. The van der Waals surface area contributed by atoms with Gasteiger partial charge in [0.25, 0.3) is 11.5 Å². The Balaban J connectivity index is 0.00000166. The Kier molecular flexibility index (Phi) is 7.74. The largest absolute Gasteiger partial charge is 0.315 e. The molecule has 0 bridgehead atoms. The van der Waals surface area contributed by atoms with E-state index >= 15 is 0 Å². The quantitative estimate of drug-likeness (QED) is 0.426. The van der Waals surface area contributed by atoms with Crippen molar-refractivity contribution in [2.24, 2.45) is 0 Å². The lowest BCUT2D eigenvalue weighted by molar-refractivity contribution is -0.131. The van der Waals surface area contributed by atoms with Crippen molar-refractivity contribution in [1.82, 2.24) is 15.0 Å². The first-order chi connectivity index (χ1) is 14.6. The van der Waals surface area contributed by atoms with Crippen molar-refractivity contribution < 1.29 is 18.4 Å². The van der Waals surface area contributed by atoms with Crippen molar-refractivity contribution in [2.75, 3.05) is 6.26 Å². The van der Waals surface area contributed by atoms with Crippen LogP contribution in [0.3, 0.4) is 0 Å². The minimum atomic E-state index is -3.83. The molecule has 1 unspecified atom stereocenters. The summed E-state index contributed by atoms with van der Waals surface area (Å²) in [5, 5.41) is 11.0. The molecule has 1 atom stereocenters. The van der Waals surface area contributed by atoms with Crippen molar-refractivity contribution in [3.63, 3.8) is 0 Å². The molecule has 2 heterocycles. The normalized spacial score (nSPS) is 13.2. The van der Waals surface area contributed by atoms with Gasteiger partial charge in [-0.1, -0.05) is 19.9 Å². The van der Waals surface area contributed by atoms with Gasteiger partial charge in [0.15, 0.2) is 14.6 Å². The van der Waals surface area contributed by atoms with Crippen molar-refractivity contribution in [3.8, 4) is 10.6 Å². The number of nitrogens with one attached hydrogen (secondary N) is 1. The van der Waals surface area contributed by atoms with Crippen LogP contribution in [0.25, 0.3) is 21.3 Å². The molecule has 0 spiro atoms. The summed E-state index contributed by atoms with van der Waals surface area (Å²) in [6, 6.07) is 7.20. The van der Waals surface area contributed by atoms with Gasteiger partial charge in [-0.15, -0.1) is 11.3 Å². The topological polar surface area (TPSA) is 118 Å². The number of amides is 1. The smallest absolute Gasteiger partial charge is 0.264 e. The van der Waals surface area contributed by atoms with Crippen LogP contribution in [0.15, 0.2) is 41.5 Å². The van der Waals surface area contributed by atoms with Gasteiger partial charge in [-0.2, -0.15) is 0 Å². The maximum absolute atomic E-state index is 12.8. The molecule has 3 rings (SSSR count). The van der Waals surface area contributed by atoms with E-state index in [1.807, 2.05) is 32.9 Å². The molecule has 0 aliphatic rings. The van der Waals surface area contributed by atoms with Gasteiger partial charge >= 0.3 is 0 Å². The van der Waals surface area contributed by atoms with E-state index in [-0.39, 0.29) is 18.5 Å². The number of hydroxylamine groups is 1. The number of sulfone groups is 1. The Bertz CT molecular complexity index is 1250. The number of hydrogen-bond acceptors (Lipinski definition) is 7. The van der Waals surface area contributed by atoms with Crippen LogP contribution in [-0.4, -0.2) is 40.1 Å². The second-order valence-electron chi connectivity index (χ2n) is 7.09. The van der Waals surface area contributed by atoms with Crippen molar-refractivity contribution in [3.05, 3.63) is 51.9 Å². The van der Waals surface area contributed by atoms with Crippen LogP contribution in [-0.2, 0) is 21.2 Å². The van der Waals surface area contributed by atoms with E-state index in [2.05, 4.69) is 4.98 Å². The average molecular weight is 466 g/mol. The molecule has 8 nitrogen and oxygen atoms in total. The Morgan fingerprint density at radius 3 is 2.52 bits per heavy atom. The number of nitrogens with zero attached hydrogens (tertiary/aromatic N) is 2. The van der Waals surface area contributed by atoms with Crippen molar-refractivity contribution in [1.29, 1.82) is 0 Å². The average Bonchev–Trinajstić information content (AvgIpc) is 3.19. The molecule has 1 amide bonds. The molecule has 10 heteroatoms. The highest BCUT2D eigenvalue weighted by Gasteiger charge is 2.43. The number of hydrogen-bond donors (Lipinski definition) is 2. The molecule has 168 valence electrons.